The van der Waals surface area contributed by atoms with E-state index in [1.54, 1.807) is 0 Å². The highest BCUT2D eigenvalue weighted by Gasteiger charge is 2.48. The molecule has 4 atom stereocenters. The summed E-state index contributed by atoms with van der Waals surface area (Å²) in [6, 6.07) is 0. The fourth-order valence-electron chi connectivity index (χ4n) is 2.49. The molecule has 1 aromatic heterocycles. The van der Waals surface area contributed by atoms with Crippen LogP contribution in [0.2, 0.25) is 0 Å². The van der Waals surface area contributed by atoms with Gasteiger partial charge in [0, 0.05) is 0 Å². The Balaban J connectivity index is 2.31. The van der Waals surface area contributed by atoms with Gasteiger partial charge in [-0.05, 0) is 0 Å². The maximum Gasteiger partial charge on any atom is 0.347 e. The minimum Gasteiger partial charge on any atom is -0.371 e. The van der Waals surface area contributed by atoms with Crippen molar-refractivity contribution in [1.29, 1.82) is 0 Å². The van der Waals surface area contributed by atoms with Crippen molar-refractivity contribution in [3.05, 3.63) is 27.0 Å². The van der Waals surface area contributed by atoms with Gasteiger partial charge in [-0.25, -0.2) is 4.79 Å². The minimum absolute atomic E-state index is 0.0994. The van der Waals surface area contributed by atoms with E-state index in [1.165, 1.54) is 0 Å². The lowest BCUT2D eigenvalue weighted by Gasteiger charge is -2.23. The van der Waals surface area contributed by atoms with Crippen LogP contribution in [0.4, 0.5) is 0 Å². The summed E-state index contributed by atoms with van der Waals surface area (Å²) >= 11 is 0. The lowest BCUT2D eigenvalue weighted by atomic mass is 10.1. The fraction of sp³-hybridized carbons (Fsp3) is 0.571. The number of nitrogens with one attached hydrogen (secondary N) is 1. The summed E-state index contributed by atoms with van der Waals surface area (Å²) in [6.45, 7) is -0.912. The van der Waals surface area contributed by atoms with E-state index in [1.807, 2.05) is 4.98 Å². The van der Waals surface area contributed by atoms with E-state index in [-0.39, 0.29) is 26.4 Å². The standard InChI is InChI=1S/C14H17N3O9/c18-1-4-23-8-9-11(24-5-2-19)12(25-6-3-20)13(26-9)17-14(22)16-10(21)7-15-17/h1-3,7,9,11-13H,4-6,8H2,(H,16,21,22)/t9-,11?,12?,13-/m0/s1. The minimum atomic E-state index is -1.15. The first-order valence-electron chi connectivity index (χ1n) is 7.57. The third kappa shape index (κ3) is 4.76. The molecule has 0 bridgehead atoms. The quantitative estimate of drug-likeness (QED) is 0.319. The van der Waals surface area contributed by atoms with Crippen molar-refractivity contribution in [2.75, 3.05) is 26.4 Å². The van der Waals surface area contributed by atoms with Crippen molar-refractivity contribution in [3.63, 3.8) is 0 Å². The van der Waals surface area contributed by atoms with Crippen LogP contribution in [0, 0.1) is 0 Å². The Hall–Kier alpha value is -2.54. The first-order valence-corrected chi connectivity index (χ1v) is 7.57. The molecule has 26 heavy (non-hydrogen) atoms. The van der Waals surface area contributed by atoms with Gasteiger partial charge in [0.1, 0.15) is 63.2 Å². The number of carbonyl (C=O) groups is 3. The zero-order chi connectivity index (χ0) is 18.9. The summed E-state index contributed by atoms with van der Waals surface area (Å²) in [6.07, 6.45) is -1.44. The molecule has 2 heterocycles. The van der Waals surface area contributed by atoms with Gasteiger partial charge in [-0.1, -0.05) is 0 Å². The van der Waals surface area contributed by atoms with Crippen LogP contribution in [0.3, 0.4) is 0 Å². The van der Waals surface area contributed by atoms with Gasteiger partial charge in [0.15, 0.2) is 6.23 Å². The maximum atomic E-state index is 12.0. The second-order valence-electron chi connectivity index (χ2n) is 5.08. The van der Waals surface area contributed by atoms with Gasteiger partial charge in [-0.3, -0.25) is 9.78 Å². The first-order chi connectivity index (χ1) is 12.6. The van der Waals surface area contributed by atoms with Gasteiger partial charge in [-0.15, -0.1) is 0 Å². The molecule has 1 aliphatic rings. The van der Waals surface area contributed by atoms with Gasteiger partial charge in [0.25, 0.3) is 5.56 Å². The number of hydrogen-bond donors (Lipinski definition) is 1. The third-order valence-corrected chi connectivity index (χ3v) is 3.45. The number of carbonyl (C=O) groups excluding carboxylic acids is 3. The highest BCUT2D eigenvalue weighted by atomic mass is 16.6. The number of nitrogens with zero attached hydrogens (tertiary/aromatic N) is 2. The molecule has 0 saturated carbocycles. The zero-order valence-corrected chi connectivity index (χ0v) is 13.5. The molecule has 12 nitrogen and oxygen atoms in total. The van der Waals surface area contributed by atoms with E-state index < -0.39 is 35.8 Å². The fourth-order valence-corrected chi connectivity index (χ4v) is 2.49. The summed E-state index contributed by atoms with van der Waals surface area (Å²) < 4.78 is 22.4. The molecule has 142 valence electrons. The summed E-state index contributed by atoms with van der Waals surface area (Å²) in [5, 5.41) is 3.71. The smallest absolute Gasteiger partial charge is 0.347 e. The van der Waals surface area contributed by atoms with Gasteiger partial charge in [0.05, 0.1) is 6.61 Å². The number of ether oxygens (including phenoxy) is 4. The molecule has 1 saturated heterocycles. The van der Waals surface area contributed by atoms with Gasteiger partial charge in [-0.2, -0.15) is 9.78 Å². The van der Waals surface area contributed by atoms with Crippen molar-refractivity contribution in [1.82, 2.24) is 14.8 Å². The first kappa shape index (κ1) is 19.8. The summed E-state index contributed by atoms with van der Waals surface area (Å²) in [5.74, 6) is 0. The molecule has 1 N–H and O–H groups in total. The molecule has 0 aliphatic carbocycles. The molecule has 1 fully saturated rings. The summed E-state index contributed by atoms with van der Waals surface area (Å²) in [7, 11) is 0. The second-order valence-corrected chi connectivity index (χ2v) is 5.08. The van der Waals surface area contributed by atoms with Gasteiger partial charge >= 0.3 is 5.69 Å². The van der Waals surface area contributed by atoms with E-state index in [4.69, 9.17) is 18.9 Å². The molecule has 1 aromatic rings. The highest BCUT2D eigenvalue weighted by molar-refractivity contribution is 5.51. The van der Waals surface area contributed by atoms with Crippen LogP contribution >= 0.6 is 0 Å². The molecule has 2 rings (SSSR count). The number of aldehydes is 3. The van der Waals surface area contributed by atoms with Gasteiger partial charge in [0.2, 0.25) is 0 Å². The SMILES string of the molecule is O=CCOC[C@@H]1O[C@H](n2ncc(=O)[nH]c2=O)C(OCC=O)C1OCC=O. The Morgan fingerprint density at radius 1 is 1.08 bits per heavy atom. The molecule has 0 aromatic carbocycles. The van der Waals surface area contributed by atoms with E-state index in [0.717, 1.165) is 10.9 Å². The number of rotatable bonds is 11. The Labute approximate surface area is 146 Å². The van der Waals surface area contributed by atoms with Crippen LogP contribution in [0.15, 0.2) is 15.8 Å². The van der Waals surface area contributed by atoms with E-state index in [0.29, 0.717) is 18.9 Å². The average molecular weight is 371 g/mol. The number of hydrogen-bond acceptors (Lipinski definition) is 10. The predicted octanol–water partition coefficient (Wildman–Crippen LogP) is -2.79. The lowest BCUT2D eigenvalue weighted by molar-refractivity contribution is -0.126. The lowest BCUT2D eigenvalue weighted by Crippen LogP contribution is -2.42. The van der Waals surface area contributed by atoms with Crippen molar-refractivity contribution in [2.45, 2.75) is 24.5 Å². The maximum absolute atomic E-state index is 12.0. The molecule has 1 aliphatic heterocycles. The normalized spacial score (nSPS) is 25.1. The molecule has 2 unspecified atom stereocenters. The molecule has 0 radical (unpaired) electrons. The number of aromatic amines is 1. The van der Waals surface area contributed by atoms with Crippen LogP contribution in [0.25, 0.3) is 0 Å². The Bertz CT molecular complexity index is 731. The molecular formula is C14H17N3O9. The molecule has 12 heteroatoms. The van der Waals surface area contributed by atoms with Gasteiger partial charge < -0.3 is 33.3 Å². The monoisotopic (exact) mass is 371 g/mol. The zero-order valence-electron chi connectivity index (χ0n) is 13.5. The molecule has 0 spiro atoms. The number of H-pyrrole nitrogens is 1. The van der Waals surface area contributed by atoms with Crippen LogP contribution < -0.4 is 11.2 Å². The van der Waals surface area contributed by atoms with E-state index in [2.05, 4.69) is 5.10 Å². The van der Waals surface area contributed by atoms with Crippen LogP contribution in [-0.4, -0.2) is 78.4 Å². The second kappa shape index (κ2) is 9.82. The Morgan fingerprint density at radius 3 is 2.35 bits per heavy atom. The van der Waals surface area contributed by atoms with Crippen LogP contribution in [-0.2, 0) is 33.3 Å². The van der Waals surface area contributed by atoms with E-state index in [9.17, 15) is 24.0 Å². The highest BCUT2D eigenvalue weighted by Crippen LogP contribution is 2.32. The van der Waals surface area contributed by atoms with Crippen LogP contribution in [0.1, 0.15) is 6.23 Å². The third-order valence-electron chi connectivity index (χ3n) is 3.45. The van der Waals surface area contributed by atoms with Crippen molar-refractivity contribution in [3.8, 4) is 0 Å². The Morgan fingerprint density at radius 2 is 1.73 bits per heavy atom. The predicted molar refractivity (Wildman–Crippen MR) is 81.5 cm³/mol. The topological polar surface area (TPSA) is 156 Å². The Kier molecular flexibility index (Phi) is 7.47. The summed E-state index contributed by atoms with van der Waals surface area (Å²) in [5.41, 5.74) is -1.56. The molecule has 0 amide bonds. The summed E-state index contributed by atoms with van der Waals surface area (Å²) in [4.78, 5) is 56.9. The van der Waals surface area contributed by atoms with Crippen molar-refractivity contribution < 1.29 is 33.3 Å². The van der Waals surface area contributed by atoms with E-state index >= 15 is 0 Å². The molecular weight excluding hydrogens is 354 g/mol. The number of aromatic nitrogens is 3. The van der Waals surface area contributed by atoms with Crippen LogP contribution in [0.5, 0.6) is 0 Å². The average Bonchev–Trinajstić information content (AvgIpc) is 2.95. The largest absolute Gasteiger partial charge is 0.371 e. The van der Waals surface area contributed by atoms with Crippen molar-refractivity contribution in [2.24, 2.45) is 0 Å². The van der Waals surface area contributed by atoms with Crippen molar-refractivity contribution >= 4 is 18.9 Å².